The zero-order chi connectivity index (χ0) is 14.2. The van der Waals surface area contributed by atoms with Crippen LogP contribution in [0.4, 0.5) is 0 Å². The summed E-state index contributed by atoms with van der Waals surface area (Å²) in [7, 11) is 0. The summed E-state index contributed by atoms with van der Waals surface area (Å²) in [5.41, 5.74) is 1.36. The molecule has 0 saturated carbocycles. The molecule has 0 radical (unpaired) electrons. The molecule has 4 rings (SSSR count). The minimum absolute atomic E-state index is 0.270. The zero-order valence-electron chi connectivity index (χ0n) is 11.3. The van der Waals surface area contributed by atoms with Gasteiger partial charge in [0, 0.05) is 6.42 Å². The molecular weight excluding hydrogens is 266 g/mol. The van der Waals surface area contributed by atoms with E-state index in [0.717, 1.165) is 17.1 Å². The van der Waals surface area contributed by atoms with Crippen LogP contribution in [-0.4, -0.2) is 21.0 Å². The van der Waals surface area contributed by atoms with Gasteiger partial charge < -0.3 is 4.74 Å². The summed E-state index contributed by atoms with van der Waals surface area (Å²) >= 11 is 0. The first kappa shape index (κ1) is 12.0. The Morgan fingerprint density at radius 2 is 1.71 bits per heavy atom. The number of aromatic nitrogens is 3. The maximum Gasteiger partial charge on any atom is 0.369 e. The van der Waals surface area contributed by atoms with Gasteiger partial charge in [0.15, 0.2) is 0 Å². The summed E-state index contributed by atoms with van der Waals surface area (Å²) in [6.07, 6.45) is 0.601. The molecule has 1 aliphatic heterocycles. The van der Waals surface area contributed by atoms with E-state index in [1.54, 1.807) is 4.68 Å². The fourth-order valence-electron chi connectivity index (χ4n) is 2.62. The van der Waals surface area contributed by atoms with E-state index < -0.39 is 0 Å². The van der Waals surface area contributed by atoms with Gasteiger partial charge in [-0.2, -0.15) is 9.67 Å². The third-order valence-corrected chi connectivity index (χ3v) is 3.53. The average Bonchev–Trinajstić information content (AvgIpc) is 2.74. The summed E-state index contributed by atoms with van der Waals surface area (Å²) in [5, 5.41) is 0. The Balaban J connectivity index is 2.06. The molecule has 0 aliphatic carbocycles. The van der Waals surface area contributed by atoms with E-state index in [4.69, 9.17) is 4.74 Å². The number of para-hydroxylation sites is 3. The van der Waals surface area contributed by atoms with E-state index in [9.17, 15) is 4.79 Å². The molecule has 0 amide bonds. The van der Waals surface area contributed by atoms with Crippen LogP contribution in [0.2, 0.25) is 0 Å². The Kier molecular flexibility index (Phi) is 2.64. The normalized spacial score (nSPS) is 13.0. The SMILES string of the molecule is O=c1nc2n(n1-c1ccccc1)-c1ccccc1OCC2. The number of benzene rings is 2. The lowest BCUT2D eigenvalue weighted by Crippen LogP contribution is -2.21. The fraction of sp³-hybridized carbons (Fsp3) is 0.125. The largest absolute Gasteiger partial charge is 0.491 e. The van der Waals surface area contributed by atoms with E-state index in [-0.39, 0.29) is 5.69 Å². The molecule has 0 fully saturated rings. The van der Waals surface area contributed by atoms with Crippen LogP contribution < -0.4 is 10.4 Å². The van der Waals surface area contributed by atoms with Gasteiger partial charge in [0.05, 0.1) is 12.3 Å². The van der Waals surface area contributed by atoms with E-state index in [0.29, 0.717) is 18.9 Å². The first-order valence-corrected chi connectivity index (χ1v) is 6.83. The second-order valence-corrected chi connectivity index (χ2v) is 4.84. The van der Waals surface area contributed by atoms with Crippen LogP contribution in [0.1, 0.15) is 5.82 Å². The van der Waals surface area contributed by atoms with Crippen LogP contribution >= 0.6 is 0 Å². The second kappa shape index (κ2) is 4.63. The van der Waals surface area contributed by atoms with Crippen molar-refractivity contribution in [1.29, 1.82) is 0 Å². The van der Waals surface area contributed by atoms with Crippen molar-refractivity contribution in [3.05, 3.63) is 70.9 Å². The zero-order valence-corrected chi connectivity index (χ0v) is 11.3. The Labute approximate surface area is 121 Å². The summed E-state index contributed by atoms with van der Waals surface area (Å²) in [6.45, 7) is 0.516. The summed E-state index contributed by atoms with van der Waals surface area (Å²) < 4.78 is 9.18. The molecule has 5 nitrogen and oxygen atoms in total. The number of rotatable bonds is 1. The third-order valence-electron chi connectivity index (χ3n) is 3.53. The van der Waals surface area contributed by atoms with Gasteiger partial charge in [-0.1, -0.05) is 30.3 Å². The molecule has 1 aromatic heterocycles. The van der Waals surface area contributed by atoms with Crippen molar-refractivity contribution in [1.82, 2.24) is 14.3 Å². The molecule has 0 bridgehead atoms. The molecular formula is C16H13N3O2. The standard InChI is InChI=1S/C16H13N3O2/c20-16-17-15-10-11-21-14-9-5-4-8-13(14)19(15)18(16)12-6-2-1-3-7-12/h1-9H,10-11H2. The van der Waals surface area contributed by atoms with Crippen molar-refractivity contribution in [3.8, 4) is 17.1 Å². The molecule has 2 heterocycles. The molecule has 0 N–H and O–H groups in total. The Morgan fingerprint density at radius 1 is 0.952 bits per heavy atom. The molecule has 104 valence electrons. The van der Waals surface area contributed by atoms with Gasteiger partial charge in [-0.05, 0) is 24.3 Å². The number of hydrogen-bond acceptors (Lipinski definition) is 3. The van der Waals surface area contributed by atoms with E-state index in [1.165, 1.54) is 0 Å². The summed E-state index contributed by atoms with van der Waals surface area (Å²) in [6, 6.07) is 17.2. The predicted octanol–water partition coefficient (Wildman–Crippen LogP) is 1.96. The molecule has 2 aromatic carbocycles. The van der Waals surface area contributed by atoms with Crippen molar-refractivity contribution in [2.45, 2.75) is 6.42 Å². The summed E-state index contributed by atoms with van der Waals surface area (Å²) in [4.78, 5) is 16.5. The van der Waals surface area contributed by atoms with Crippen molar-refractivity contribution in [2.24, 2.45) is 0 Å². The highest BCUT2D eigenvalue weighted by atomic mass is 16.5. The highest BCUT2D eigenvalue weighted by Gasteiger charge is 2.21. The molecule has 1 aliphatic rings. The Bertz CT molecular complexity index is 849. The smallest absolute Gasteiger partial charge is 0.369 e. The maximum atomic E-state index is 12.3. The van der Waals surface area contributed by atoms with E-state index in [1.807, 2.05) is 59.3 Å². The molecule has 0 atom stereocenters. The van der Waals surface area contributed by atoms with Gasteiger partial charge >= 0.3 is 5.69 Å². The number of nitrogens with zero attached hydrogens (tertiary/aromatic N) is 3. The van der Waals surface area contributed by atoms with Crippen LogP contribution in [0.3, 0.4) is 0 Å². The van der Waals surface area contributed by atoms with Crippen LogP contribution in [0.15, 0.2) is 59.4 Å². The Morgan fingerprint density at radius 3 is 2.57 bits per heavy atom. The minimum atomic E-state index is -0.270. The van der Waals surface area contributed by atoms with Crippen LogP contribution in [0.25, 0.3) is 11.4 Å². The van der Waals surface area contributed by atoms with Crippen molar-refractivity contribution < 1.29 is 4.74 Å². The van der Waals surface area contributed by atoms with Gasteiger partial charge in [-0.15, -0.1) is 0 Å². The molecule has 21 heavy (non-hydrogen) atoms. The first-order chi connectivity index (χ1) is 10.3. The Hall–Kier alpha value is -2.82. The highest BCUT2D eigenvalue weighted by molar-refractivity contribution is 5.48. The predicted molar refractivity (Wildman–Crippen MR) is 78.4 cm³/mol. The van der Waals surface area contributed by atoms with Crippen LogP contribution in [0.5, 0.6) is 5.75 Å². The number of fused-ring (bicyclic) bond motifs is 3. The van der Waals surface area contributed by atoms with Gasteiger partial charge in [-0.3, -0.25) is 0 Å². The molecule has 5 heteroatoms. The third kappa shape index (κ3) is 1.86. The lowest BCUT2D eigenvalue weighted by Gasteiger charge is -2.13. The van der Waals surface area contributed by atoms with E-state index >= 15 is 0 Å². The maximum absolute atomic E-state index is 12.3. The van der Waals surface area contributed by atoms with Gasteiger partial charge in [0.25, 0.3) is 0 Å². The second-order valence-electron chi connectivity index (χ2n) is 4.84. The summed E-state index contributed by atoms with van der Waals surface area (Å²) in [5.74, 6) is 1.48. The van der Waals surface area contributed by atoms with Crippen LogP contribution in [0, 0.1) is 0 Å². The van der Waals surface area contributed by atoms with Gasteiger partial charge in [0.1, 0.15) is 17.3 Å². The van der Waals surface area contributed by atoms with Crippen molar-refractivity contribution in [3.63, 3.8) is 0 Å². The fourth-order valence-corrected chi connectivity index (χ4v) is 2.62. The quantitative estimate of drug-likeness (QED) is 0.684. The van der Waals surface area contributed by atoms with Gasteiger partial charge in [0.2, 0.25) is 0 Å². The monoisotopic (exact) mass is 279 g/mol. The lowest BCUT2D eigenvalue weighted by atomic mass is 10.3. The first-order valence-electron chi connectivity index (χ1n) is 6.83. The number of hydrogen-bond donors (Lipinski definition) is 0. The van der Waals surface area contributed by atoms with Gasteiger partial charge in [-0.25, -0.2) is 9.48 Å². The molecule has 0 saturated heterocycles. The molecule has 0 unspecified atom stereocenters. The number of ether oxygens (including phenoxy) is 1. The molecule has 3 aromatic rings. The highest BCUT2D eigenvalue weighted by Crippen LogP contribution is 2.26. The lowest BCUT2D eigenvalue weighted by molar-refractivity contribution is 0.325. The topological polar surface area (TPSA) is 49.0 Å². The van der Waals surface area contributed by atoms with Crippen LogP contribution in [-0.2, 0) is 6.42 Å². The minimum Gasteiger partial charge on any atom is -0.491 e. The van der Waals surface area contributed by atoms with Crippen molar-refractivity contribution >= 4 is 0 Å². The van der Waals surface area contributed by atoms with E-state index in [2.05, 4.69) is 4.98 Å². The van der Waals surface area contributed by atoms with Crippen molar-refractivity contribution in [2.75, 3.05) is 6.61 Å². The average molecular weight is 279 g/mol. The molecule has 0 spiro atoms.